The molecule has 0 radical (unpaired) electrons. The van der Waals surface area contributed by atoms with Crippen LogP contribution in [0.5, 0.6) is 0 Å². The number of carbonyl (C=O) groups is 1. The predicted octanol–water partition coefficient (Wildman–Crippen LogP) is 4.38. The van der Waals surface area contributed by atoms with Crippen LogP contribution in [-0.4, -0.2) is 23.9 Å². The van der Waals surface area contributed by atoms with E-state index in [2.05, 4.69) is 48.6 Å². The van der Waals surface area contributed by atoms with E-state index < -0.39 is 0 Å². The SMILES string of the molecule is O=C(/C=C/C1CC=CCC1)N1CCC(Cc2ccccc2)CC1. The molecule has 0 bridgehead atoms. The molecule has 1 fully saturated rings. The van der Waals surface area contributed by atoms with Gasteiger partial charge in [-0.3, -0.25) is 4.79 Å². The number of hydrogen-bond donors (Lipinski definition) is 0. The summed E-state index contributed by atoms with van der Waals surface area (Å²) in [6, 6.07) is 10.7. The first-order valence-electron chi connectivity index (χ1n) is 8.97. The van der Waals surface area contributed by atoms with Gasteiger partial charge in [-0.25, -0.2) is 0 Å². The first kappa shape index (κ1) is 16.0. The molecule has 1 amide bonds. The van der Waals surface area contributed by atoms with E-state index in [4.69, 9.17) is 0 Å². The minimum atomic E-state index is 0.206. The molecule has 1 aromatic carbocycles. The van der Waals surface area contributed by atoms with Crippen LogP contribution in [0.4, 0.5) is 0 Å². The Morgan fingerprint density at radius 3 is 2.57 bits per heavy atom. The normalized spacial score (nSPS) is 22.6. The maximum atomic E-state index is 12.3. The summed E-state index contributed by atoms with van der Waals surface area (Å²) < 4.78 is 0. The van der Waals surface area contributed by atoms with Crippen LogP contribution >= 0.6 is 0 Å². The number of piperidine rings is 1. The topological polar surface area (TPSA) is 20.3 Å². The highest BCUT2D eigenvalue weighted by atomic mass is 16.2. The first-order valence-corrected chi connectivity index (χ1v) is 8.97. The molecule has 2 heteroatoms. The molecule has 2 nitrogen and oxygen atoms in total. The van der Waals surface area contributed by atoms with Gasteiger partial charge < -0.3 is 4.90 Å². The predicted molar refractivity (Wildman–Crippen MR) is 95.1 cm³/mol. The zero-order valence-corrected chi connectivity index (χ0v) is 13.9. The Hall–Kier alpha value is -1.83. The van der Waals surface area contributed by atoms with Gasteiger partial charge in [-0.05, 0) is 62.0 Å². The fraction of sp³-hybridized carbons (Fsp3) is 0.476. The monoisotopic (exact) mass is 309 g/mol. The molecule has 23 heavy (non-hydrogen) atoms. The Bertz CT molecular complexity index is 552. The Morgan fingerprint density at radius 2 is 1.87 bits per heavy atom. The second kappa shape index (κ2) is 8.14. The molecule has 0 spiro atoms. The van der Waals surface area contributed by atoms with Crippen LogP contribution in [0.1, 0.15) is 37.7 Å². The van der Waals surface area contributed by atoms with E-state index in [1.54, 1.807) is 0 Å². The molecular formula is C21H27NO. The van der Waals surface area contributed by atoms with Crippen LogP contribution in [0.15, 0.2) is 54.6 Å². The van der Waals surface area contributed by atoms with Gasteiger partial charge in [-0.15, -0.1) is 0 Å². The average Bonchev–Trinajstić information content (AvgIpc) is 2.62. The number of nitrogens with zero attached hydrogens (tertiary/aromatic N) is 1. The minimum Gasteiger partial charge on any atom is -0.339 e. The minimum absolute atomic E-state index is 0.206. The molecule has 122 valence electrons. The van der Waals surface area contributed by atoms with Gasteiger partial charge in [0.15, 0.2) is 0 Å². The molecule has 1 atom stereocenters. The molecule has 1 saturated heterocycles. The number of likely N-dealkylation sites (tertiary alicyclic amines) is 1. The van der Waals surface area contributed by atoms with Crippen molar-refractivity contribution in [2.45, 2.75) is 38.5 Å². The number of carbonyl (C=O) groups excluding carboxylic acids is 1. The summed E-state index contributed by atoms with van der Waals surface area (Å²) >= 11 is 0. The van der Waals surface area contributed by atoms with Gasteiger partial charge in [0.05, 0.1) is 0 Å². The van der Waals surface area contributed by atoms with Crippen LogP contribution in [0.25, 0.3) is 0 Å². The summed E-state index contributed by atoms with van der Waals surface area (Å²) in [5.74, 6) is 1.48. The van der Waals surface area contributed by atoms with Crippen molar-refractivity contribution in [1.82, 2.24) is 4.90 Å². The van der Waals surface area contributed by atoms with Crippen LogP contribution in [0, 0.1) is 11.8 Å². The van der Waals surface area contributed by atoms with E-state index in [0.29, 0.717) is 11.8 Å². The molecular weight excluding hydrogens is 282 g/mol. The molecule has 1 unspecified atom stereocenters. The molecule has 3 rings (SSSR count). The summed E-state index contributed by atoms with van der Waals surface area (Å²) in [5, 5.41) is 0. The third kappa shape index (κ3) is 4.82. The van der Waals surface area contributed by atoms with E-state index in [9.17, 15) is 4.79 Å². The zero-order valence-electron chi connectivity index (χ0n) is 13.9. The maximum absolute atomic E-state index is 12.3. The summed E-state index contributed by atoms with van der Waals surface area (Å²) in [4.78, 5) is 14.4. The molecule has 0 saturated carbocycles. The second-order valence-corrected chi connectivity index (χ2v) is 6.86. The third-order valence-electron chi connectivity index (χ3n) is 5.11. The largest absolute Gasteiger partial charge is 0.339 e. The lowest BCUT2D eigenvalue weighted by Gasteiger charge is -2.31. The van der Waals surface area contributed by atoms with Crippen LogP contribution < -0.4 is 0 Å². The van der Waals surface area contributed by atoms with Gasteiger partial charge in [0.2, 0.25) is 5.91 Å². The van der Waals surface area contributed by atoms with Crippen molar-refractivity contribution >= 4 is 5.91 Å². The number of hydrogen-bond acceptors (Lipinski definition) is 1. The van der Waals surface area contributed by atoms with E-state index in [-0.39, 0.29) is 5.91 Å². The van der Waals surface area contributed by atoms with E-state index in [1.807, 2.05) is 11.0 Å². The van der Waals surface area contributed by atoms with Gasteiger partial charge in [-0.1, -0.05) is 48.6 Å². The Labute approximate surface area is 139 Å². The van der Waals surface area contributed by atoms with Gasteiger partial charge in [0, 0.05) is 13.1 Å². The molecule has 1 aliphatic carbocycles. The van der Waals surface area contributed by atoms with Crippen molar-refractivity contribution in [3.8, 4) is 0 Å². The highest BCUT2D eigenvalue weighted by molar-refractivity contribution is 5.87. The van der Waals surface area contributed by atoms with Crippen molar-refractivity contribution in [1.29, 1.82) is 0 Å². The van der Waals surface area contributed by atoms with Crippen molar-refractivity contribution in [2.24, 2.45) is 11.8 Å². The van der Waals surface area contributed by atoms with Crippen LogP contribution in [-0.2, 0) is 11.2 Å². The second-order valence-electron chi connectivity index (χ2n) is 6.86. The first-order chi connectivity index (χ1) is 11.3. The van der Waals surface area contributed by atoms with Crippen molar-refractivity contribution in [3.63, 3.8) is 0 Å². The number of rotatable bonds is 4. The van der Waals surface area contributed by atoms with Crippen molar-refractivity contribution in [3.05, 3.63) is 60.2 Å². The highest BCUT2D eigenvalue weighted by Gasteiger charge is 2.21. The standard InChI is InChI=1S/C21H27NO/c23-21(12-11-18-7-3-1-4-8-18)22-15-13-20(14-16-22)17-19-9-5-2-6-10-19/h1-3,5-6,9-12,18,20H,4,7-8,13-17H2/b12-11+. The van der Waals surface area contributed by atoms with E-state index in [1.165, 1.54) is 12.0 Å². The van der Waals surface area contributed by atoms with Crippen LogP contribution in [0.3, 0.4) is 0 Å². The van der Waals surface area contributed by atoms with E-state index in [0.717, 1.165) is 45.2 Å². The summed E-state index contributed by atoms with van der Waals surface area (Å²) in [6.07, 6.45) is 15.2. The van der Waals surface area contributed by atoms with Crippen molar-refractivity contribution in [2.75, 3.05) is 13.1 Å². The quantitative estimate of drug-likeness (QED) is 0.597. The number of benzene rings is 1. The summed E-state index contributed by atoms with van der Waals surface area (Å²) in [6.45, 7) is 1.82. The molecule has 0 aromatic heterocycles. The van der Waals surface area contributed by atoms with Crippen LogP contribution in [0.2, 0.25) is 0 Å². The lowest BCUT2D eigenvalue weighted by atomic mass is 9.90. The molecule has 2 aliphatic rings. The fourth-order valence-electron chi connectivity index (χ4n) is 3.62. The van der Waals surface area contributed by atoms with Gasteiger partial charge in [-0.2, -0.15) is 0 Å². The van der Waals surface area contributed by atoms with Crippen molar-refractivity contribution < 1.29 is 4.79 Å². The third-order valence-corrected chi connectivity index (χ3v) is 5.11. The highest BCUT2D eigenvalue weighted by Crippen LogP contribution is 2.23. The average molecular weight is 309 g/mol. The smallest absolute Gasteiger partial charge is 0.246 e. The number of allylic oxidation sites excluding steroid dienone is 3. The Kier molecular flexibility index (Phi) is 5.68. The fourth-order valence-corrected chi connectivity index (χ4v) is 3.62. The number of amides is 1. The Balaban J connectivity index is 1.44. The molecule has 1 heterocycles. The molecule has 1 aliphatic heterocycles. The summed E-state index contributed by atoms with van der Waals surface area (Å²) in [5.41, 5.74) is 1.42. The molecule has 1 aromatic rings. The lowest BCUT2D eigenvalue weighted by Crippen LogP contribution is -2.38. The van der Waals surface area contributed by atoms with Gasteiger partial charge >= 0.3 is 0 Å². The lowest BCUT2D eigenvalue weighted by molar-refractivity contribution is -0.127. The summed E-state index contributed by atoms with van der Waals surface area (Å²) in [7, 11) is 0. The van der Waals surface area contributed by atoms with Gasteiger partial charge in [0.25, 0.3) is 0 Å². The maximum Gasteiger partial charge on any atom is 0.246 e. The zero-order chi connectivity index (χ0) is 15.9. The molecule has 0 N–H and O–H groups in total. The Morgan fingerprint density at radius 1 is 1.09 bits per heavy atom. The van der Waals surface area contributed by atoms with E-state index >= 15 is 0 Å². The van der Waals surface area contributed by atoms with Gasteiger partial charge in [0.1, 0.15) is 0 Å².